The van der Waals surface area contributed by atoms with E-state index in [0.717, 1.165) is 19.4 Å². The smallest absolute Gasteiger partial charge is 0.274 e. The molecule has 1 aliphatic carbocycles. The van der Waals surface area contributed by atoms with Crippen molar-refractivity contribution in [3.63, 3.8) is 0 Å². The summed E-state index contributed by atoms with van der Waals surface area (Å²) in [6.45, 7) is 5.02. The van der Waals surface area contributed by atoms with E-state index in [1.807, 2.05) is 4.90 Å². The summed E-state index contributed by atoms with van der Waals surface area (Å²) in [6.07, 6.45) is 7.56. The second-order valence-corrected chi connectivity index (χ2v) is 5.72. The fourth-order valence-electron chi connectivity index (χ4n) is 2.67. The lowest BCUT2D eigenvalue weighted by molar-refractivity contribution is 0.0649. The maximum absolute atomic E-state index is 12.6. The van der Waals surface area contributed by atoms with Crippen molar-refractivity contribution in [2.75, 3.05) is 12.0 Å². The molecule has 1 fully saturated rings. The average Bonchev–Trinajstić information content (AvgIpc) is 2.98. The zero-order valence-corrected chi connectivity index (χ0v) is 12.2. The first-order valence-corrected chi connectivity index (χ1v) is 7.21. The van der Waals surface area contributed by atoms with Gasteiger partial charge in [-0.15, -0.1) is 0 Å². The third kappa shape index (κ3) is 3.45. The van der Waals surface area contributed by atoms with Gasteiger partial charge in [0.2, 0.25) is 0 Å². The molecule has 0 saturated heterocycles. The van der Waals surface area contributed by atoms with Gasteiger partial charge in [0.1, 0.15) is 5.69 Å². The van der Waals surface area contributed by atoms with Crippen LogP contribution in [0, 0.1) is 5.92 Å². The molecule has 0 unspecified atom stereocenters. The van der Waals surface area contributed by atoms with Crippen molar-refractivity contribution in [2.24, 2.45) is 11.8 Å². The number of carbonyl (C=O) groups excluding carboxylic acids is 1. The van der Waals surface area contributed by atoms with Crippen LogP contribution in [-0.4, -0.2) is 33.4 Å². The van der Waals surface area contributed by atoms with Crippen molar-refractivity contribution in [3.8, 4) is 0 Å². The number of hydrogen-bond acceptors (Lipinski definition) is 5. The molecule has 1 amide bonds. The van der Waals surface area contributed by atoms with Crippen LogP contribution in [0.5, 0.6) is 0 Å². The summed E-state index contributed by atoms with van der Waals surface area (Å²) in [5.41, 5.74) is 2.80. The molecule has 1 aromatic heterocycles. The Morgan fingerprint density at radius 1 is 1.40 bits per heavy atom. The summed E-state index contributed by atoms with van der Waals surface area (Å²) in [7, 11) is 0. The number of nitrogen functional groups attached to an aromatic ring is 1. The van der Waals surface area contributed by atoms with Crippen LogP contribution in [-0.2, 0) is 0 Å². The van der Waals surface area contributed by atoms with Gasteiger partial charge in [-0.25, -0.2) is 15.8 Å². The minimum Gasteiger partial charge on any atom is -0.334 e. The molecule has 2 rings (SSSR count). The minimum atomic E-state index is -0.0262. The van der Waals surface area contributed by atoms with Crippen LogP contribution in [0.1, 0.15) is 50.0 Å². The van der Waals surface area contributed by atoms with Gasteiger partial charge in [0.05, 0.1) is 12.4 Å². The number of carbonyl (C=O) groups is 1. The predicted molar refractivity (Wildman–Crippen MR) is 78.0 cm³/mol. The largest absolute Gasteiger partial charge is 0.334 e. The highest BCUT2D eigenvalue weighted by atomic mass is 16.2. The lowest BCUT2D eigenvalue weighted by Crippen LogP contribution is -2.41. The average molecular weight is 277 g/mol. The van der Waals surface area contributed by atoms with E-state index in [0.29, 0.717) is 23.5 Å². The molecule has 1 saturated carbocycles. The lowest BCUT2D eigenvalue weighted by atomic mass is 10.1. The van der Waals surface area contributed by atoms with Gasteiger partial charge in [0.25, 0.3) is 5.91 Å². The predicted octanol–water partition coefficient (Wildman–Crippen LogP) is 1.80. The maximum atomic E-state index is 12.6. The van der Waals surface area contributed by atoms with Crippen LogP contribution in [0.25, 0.3) is 0 Å². The summed E-state index contributed by atoms with van der Waals surface area (Å²) in [4.78, 5) is 22.8. The summed E-state index contributed by atoms with van der Waals surface area (Å²) in [5, 5.41) is 0. The van der Waals surface area contributed by atoms with Crippen molar-refractivity contribution >= 4 is 11.7 Å². The highest BCUT2D eigenvalue weighted by molar-refractivity contribution is 5.92. The second kappa shape index (κ2) is 6.65. The number of nitrogens with two attached hydrogens (primary N) is 1. The molecule has 0 atom stereocenters. The van der Waals surface area contributed by atoms with E-state index in [-0.39, 0.29) is 5.91 Å². The Kier molecular flexibility index (Phi) is 4.89. The van der Waals surface area contributed by atoms with Crippen molar-refractivity contribution < 1.29 is 4.79 Å². The molecule has 0 aliphatic heterocycles. The van der Waals surface area contributed by atoms with E-state index < -0.39 is 0 Å². The standard InChI is InChI=1S/C14H23N5O/c1-10(2)9-19(11-5-3-4-6-11)14(20)12-7-17-13(18-15)8-16-12/h7-8,10-11H,3-6,9,15H2,1-2H3,(H,17,18). The summed E-state index contributed by atoms with van der Waals surface area (Å²) >= 11 is 0. The first kappa shape index (κ1) is 14.7. The third-order valence-electron chi connectivity index (χ3n) is 3.61. The summed E-state index contributed by atoms with van der Waals surface area (Å²) in [6, 6.07) is 0.346. The number of rotatable bonds is 5. The lowest BCUT2D eigenvalue weighted by Gasteiger charge is -2.30. The molecule has 1 heterocycles. The van der Waals surface area contributed by atoms with E-state index in [2.05, 4.69) is 29.2 Å². The Hall–Kier alpha value is -1.69. The number of hydrazine groups is 1. The number of hydrogen-bond donors (Lipinski definition) is 2. The molecular formula is C14H23N5O. The Bertz CT molecular complexity index is 439. The molecule has 110 valence electrons. The Morgan fingerprint density at radius 2 is 2.10 bits per heavy atom. The Morgan fingerprint density at radius 3 is 2.60 bits per heavy atom. The molecule has 1 aliphatic rings. The van der Waals surface area contributed by atoms with Crippen molar-refractivity contribution in [1.82, 2.24) is 14.9 Å². The van der Waals surface area contributed by atoms with Crippen LogP contribution >= 0.6 is 0 Å². The SMILES string of the molecule is CC(C)CN(C(=O)c1cnc(NN)cn1)C1CCCC1. The molecule has 20 heavy (non-hydrogen) atoms. The topological polar surface area (TPSA) is 84.1 Å². The first-order valence-electron chi connectivity index (χ1n) is 7.21. The van der Waals surface area contributed by atoms with Gasteiger partial charge in [-0.1, -0.05) is 26.7 Å². The quantitative estimate of drug-likeness (QED) is 0.633. The normalized spacial score (nSPS) is 15.6. The zero-order chi connectivity index (χ0) is 14.5. The number of amides is 1. The van der Waals surface area contributed by atoms with E-state index in [4.69, 9.17) is 5.84 Å². The highest BCUT2D eigenvalue weighted by Crippen LogP contribution is 2.25. The number of nitrogens with one attached hydrogen (secondary N) is 1. The molecule has 1 aromatic rings. The molecule has 0 aromatic carbocycles. The van der Waals surface area contributed by atoms with E-state index in [1.54, 1.807) is 0 Å². The van der Waals surface area contributed by atoms with E-state index in [9.17, 15) is 4.79 Å². The van der Waals surface area contributed by atoms with Crippen LogP contribution in [0.15, 0.2) is 12.4 Å². The summed E-state index contributed by atoms with van der Waals surface area (Å²) in [5.74, 6) is 6.13. The number of aromatic nitrogens is 2. The third-order valence-corrected chi connectivity index (χ3v) is 3.61. The number of anilines is 1. The highest BCUT2D eigenvalue weighted by Gasteiger charge is 2.28. The van der Waals surface area contributed by atoms with Gasteiger partial charge in [-0.3, -0.25) is 4.79 Å². The summed E-state index contributed by atoms with van der Waals surface area (Å²) < 4.78 is 0. The van der Waals surface area contributed by atoms with Gasteiger partial charge in [-0.2, -0.15) is 0 Å². The van der Waals surface area contributed by atoms with Crippen LogP contribution in [0.4, 0.5) is 5.82 Å². The number of nitrogens with zero attached hydrogens (tertiary/aromatic N) is 3. The van der Waals surface area contributed by atoms with Crippen molar-refractivity contribution in [2.45, 2.75) is 45.6 Å². The van der Waals surface area contributed by atoms with Crippen molar-refractivity contribution in [1.29, 1.82) is 0 Å². The van der Waals surface area contributed by atoms with Crippen LogP contribution in [0.2, 0.25) is 0 Å². The zero-order valence-electron chi connectivity index (χ0n) is 12.2. The van der Waals surface area contributed by atoms with Crippen LogP contribution < -0.4 is 11.3 Å². The Balaban J connectivity index is 2.15. The minimum absolute atomic E-state index is 0.0262. The first-order chi connectivity index (χ1) is 9.61. The maximum Gasteiger partial charge on any atom is 0.274 e. The monoisotopic (exact) mass is 277 g/mol. The van der Waals surface area contributed by atoms with Crippen LogP contribution in [0.3, 0.4) is 0 Å². The molecule has 0 radical (unpaired) electrons. The molecule has 6 nitrogen and oxygen atoms in total. The fraction of sp³-hybridized carbons (Fsp3) is 0.643. The van der Waals surface area contributed by atoms with Crippen molar-refractivity contribution in [3.05, 3.63) is 18.1 Å². The fourth-order valence-corrected chi connectivity index (χ4v) is 2.67. The van der Waals surface area contributed by atoms with Gasteiger partial charge >= 0.3 is 0 Å². The van der Waals surface area contributed by atoms with Gasteiger partial charge in [0, 0.05) is 12.6 Å². The Labute approximate surface area is 119 Å². The molecule has 6 heteroatoms. The molecule has 0 bridgehead atoms. The van der Waals surface area contributed by atoms with E-state index >= 15 is 0 Å². The molecule has 0 spiro atoms. The van der Waals surface area contributed by atoms with E-state index in [1.165, 1.54) is 25.2 Å². The second-order valence-electron chi connectivity index (χ2n) is 5.72. The van der Waals surface area contributed by atoms with Gasteiger partial charge in [-0.05, 0) is 18.8 Å². The molecule has 3 N–H and O–H groups in total. The van der Waals surface area contributed by atoms with Gasteiger partial charge < -0.3 is 10.3 Å². The molecular weight excluding hydrogens is 254 g/mol. The van der Waals surface area contributed by atoms with Gasteiger partial charge in [0.15, 0.2) is 5.82 Å².